The molecule has 2 amide bonds. The number of hydrogen-bond donors (Lipinski definition) is 2. The Labute approximate surface area is 197 Å². The summed E-state index contributed by atoms with van der Waals surface area (Å²) in [4.78, 5) is 36.5. The van der Waals surface area contributed by atoms with Crippen molar-refractivity contribution >= 4 is 17.8 Å². The highest BCUT2D eigenvalue weighted by Crippen LogP contribution is 2.40. The van der Waals surface area contributed by atoms with Gasteiger partial charge in [0.25, 0.3) is 11.8 Å². The Balaban J connectivity index is 1.42. The molecule has 1 aliphatic heterocycles. The molecule has 3 atom stereocenters. The third-order valence-electron chi connectivity index (χ3n) is 8.08. The van der Waals surface area contributed by atoms with Crippen LogP contribution in [-0.2, 0) is 4.79 Å². The van der Waals surface area contributed by atoms with Gasteiger partial charge in [0.15, 0.2) is 5.96 Å². The maximum atomic E-state index is 13.3. The minimum absolute atomic E-state index is 0.0356. The summed E-state index contributed by atoms with van der Waals surface area (Å²) in [6, 6.07) is 1.89. The number of nitrogens with zero attached hydrogens (tertiary/aromatic N) is 3. The van der Waals surface area contributed by atoms with E-state index < -0.39 is 5.54 Å². The lowest BCUT2D eigenvalue weighted by atomic mass is 9.74. The molecule has 0 unspecified atom stereocenters. The predicted octanol–water partition coefficient (Wildman–Crippen LogP) is 3.95. The summed E-state index contributed by atoms with van der Waals surface area (Å²) >= 11 is 0. The SMILES string of the molecule is Cc1cnccc1C(=O)N[C@@H]1CCC[C@H](C[C@@]2(CCC3CCCCC3)N=C(N)N(C)C2=O)C1. The summed E-state index contributed by atoms with van der Waals surface area (Å²) in [5.41, 5.74) is 6.96. The Bertz CT molecular complexity index is 894. The van der Waals surface area contributed by atoms with Gasteiger partial charge in [-0.25, -0.2) is 4.99 Å². The van der Waals surface area contributed by atoms with Gasteiger partial charge in [0, 0.05) is 31.0 Å². The molecular formula is C26H39N5O2. The Hall–Kier alpha value is -2.44. The van der Waals surface area contributed by atoms with Gasteiger partial charge >= 0.3 is 0 Å². The fourth-order valence-corrected chi connectivity index (χ4v) is 6.15. The number of amides is 2. The van der Waals surface area contributed by atoms with Crippen LogP contribution in [0.3, 0.4) is 0 Å². The highest BCUT2D eigenvalue weighted by Gasteiger charge is 2.48. The second-order valence-electron chi connectivity index (χ2n) is 10.5. The van der Waals surface area contributed by atoms with Gasteiger partial charge in [-0.05, 0) is 62.5 Å². The maximum Gasteiger partial charge on any atom is 0.257 e. The predicted molar refractivity (Wildman–Crippen MR) is 130 cm³/mol. The lowest BCUT2D eigenvalue weighted by Gasteiger charge is -2.35. The topological polar surface area (TPSA) is 101 Å². The molecular weight excluding hydrogens is 414 g/mol. The first-order chi connectivity index (χ1) is 15.9. The molecule has 7 nitrogen and oxygen atoms in total. The first-order valence-electron chi connectivity index (χ1n) is 12.7. The zero-order chi connectivity index (χ0) is 23.4. The second kappa shape index (κ2) is 10.2. The molecule has 1 aromatic heterocycles. The molecule has 7 heteroatoms. The first kappa shape index (κ1) is 23.7. The van der Waals surface area contributed by atoms with Gasteiger partial charge in [-0.15, -0.1) is 0 Å². The zero-order valence-corrected chi connectivity index (χ0v) is 20.2. The number of guanidine groups is 1. The van der Waals surface area contributed by atoms with Crippen molar-refractivity contribution in [2.75, 3.05) is 7.05 Å². The number of pyridine rings is 1. The van der Waals surface area contributed by atoms with Crippen molar-refractivity contribution < 1.29 is 9.59 Å². The van der Waals surface area contributed by atoms with Crippen LogP contribution in [0.15, 0.2) is 23.5 Å². The number of rotatable bonds is 7. The van der Waals surface area contributed by atoms with E-state index in [9.17, 15) is 9.59 Å². The van der Waals surface area contributed by atoms with Crippen molar-refractivity contribution in [2.45, 2.75) is 95.6 Å². The normalized spacial score (nSPS) is 28.6. The van der Waals surface area contributed by atoms with E-state index in [1.807, 2.05) is 6.92 Å². The standard InChI is InChI=1S/C26H39N5O2/c1-18-17-28-14-12-22(18)23(32)29-21-10-6-9-20(15-21)16-26(24(33)31(2)25(27)30-26)13-11-19-7-4-3-5-8-19/h12,14,17,19-21H,3-11,13,15-16H2,1-2H3,(H2,27,30)(H,29,32)/t20-,21+,26+/m0/s1. The highest BCUT2D eigenvalue weighted by molar-refractivity contribution is 6.06. The number of nitrogens with two attached hydrogens (primary N) is 1. The van der Waals surface area contributed by atoms with Crippen LogP contribution in [0.4, 0.5) is 0 Å². The lowest BCUT2D eigenvalue weighted by molar-refractivity contribution is -0.131. The van der Waals surface area contributed by atoms with Gasteiger partial charge in [0.05, 0.1) is 0 Å². The van der Waals surface area contributed by atoms with E-state index in [1.165, 1.54) is 37.0 Å². The molecule has 0 radical (unpaired) electrons. The number of hydrogen-bond acceptors (Lipinski definition) is 5. The maximum absolute atomic E-state index is 13.3. The summed E-state index contributed by atoms with van der Waals surface area (Å²) in [7, 11) is 1.74. The van der Waals surface area contributed by atoms with Crippen LogP contribution in [-0.4, -0.2) is 46.3 Å². The van der Waals surface area contributed by atoms with Crippen LogP contribution in [0.25, 0.3) is 0 Å². The molecule has 3 N–H and O–H groups in total. The summed E-state index contributed by atoms with van der Waals surface area (Å²) in [6.07, 6.45) is 16.4. The molecule has 0 saturated heterocycles. The smallest absolute Gasteiger partial charge is 0.257 e. The number of carbonyl (C=O) groups is 2. The molecule has 2 saturated carbocycles. The molecule has 1 aromatic rings. The number of aryl methyl sites for hydroxylation is 1. The Morgan fingerprint density at radius 2 is 1.94 bits per heavy atom. The molecule has 4 rings (SSSR count). The van der Waals surface area contributed by atoms with Crippen LogP contribution < -0.4 is 11.1 Å². The highest BCUT2D eigenvalue weighted by atomic mass is 16.2. The number of aliphatic imine (C=N–C) groups is 1. The minimum atomic E-state index is -0.728. The number of carbonyl (C=O) groups excluding carboxylic acids is 2. The molecule has 2 heterocycles. The average molecular weight is 454 g/mol. The summed E-state index contributed by atoms with van der Waals surface area (Å²) in [5.74, 6) is 1.41. The van der Waals surface area contributed by atoms with Gasteiger partial charge in [-0.2, -0.15) is 0 Å². The molecule has 2 fully saturated rings. The summed E-state index contributed by atoms with van der Waals surface area (Å²) < 4.78 is 0. The van der Waals surface area contributed by atoms with Gasteiger partial charge in [0.2, 0.25) is 0 Å². The van der Waals surface area contributed by atoms with Crippen molar-refractivity contribution in [2.24, 2.45) is 22.6 Å². The van der Waals surface area contributed by atoms with Crippen molar-refractivity contribution in [3.05, 3.63) is 29.6 Å². The van der Waals surface area contributed by atoms with Gasteiger partial charge in [0.1, 0.15) is 5.54 Å². The molecule has 3 aliphatic rings. The Morgan fingerprint density at radius 3 is 2.64 bits per heavy atom. The monoisotopic (exact) mass is 453 g/mol. The van der Waals surface area contributed by atoms with Crippen LogP contribution in [0.5, 0.6) is 0 Å². The van der Waals surface area contributed by atoms with Gasteiger partial charge in [-0.3, -0.25) is 19.5 Å². The van der Waals surface area contributed by atoms with Crippen molar-refractivity contribution in [1.82, 2.24) is 15.2 Å². The molecule has 2 aliphatic carbocycles. The largest absolute Gasteiger partial charge is 0.369 e. The van der Waals surface area contributed by atoms with Crippen LogP contribution in [0.1, 0.15) is 93.0 Å². The van der Waals surface area contributed by atoms with E-state index in [0.717, 1.165) is 50.5 Å². The number of nitrogens with one attached hydrogen (secondary N) is 1. The van der Waals surface area contributed by atoms with Crippen molar-refractivity contribution in [3.63, 3.8) is 0 Å². The van der Waals surface area contributed by atoms with Gasteiger partial charge < -0.3 is 11.1 Å². The second-order valence-corrected chi connectivity index (χ2v) is 10.5. The van der Waals surface area contributed by atoms with Crippen molar-refractivity contribution in [3.8, 4) is 0 Å². The Kier molecular flexibility index (Phi) is 7.35. The zero-order valence-electron chi connectivity index (χ0n) is 20.2. The van der Waals surface area contributed by atoms with E-state index in [2.05, 4.69) is 10.3 Å². The fourth-order valence-electron chi connectivity index (χ4n) is 6.15. The summed E-state index contributed by atoms with van der Waals surface area (Å²) in [5, 5.41) is 3.23. The van der Waals surface area contributed by atoms with Crippen LogP contribution in [0.2, 0.25) is 0 Å². The summed E-state index contributed by atoms with van der Waals surface area (Å²) in [6.45, 7) is 1.91. The molecule has 0 spiro atoms. The van der Waals surface area contributed by atoms with Crippen LogP contribution >= 0.6 is 0 Å². The number of likely N-dealkylation sites (N-methyl/N-ethyl adjacent to an activating group) is 1. The van der Waals surface area contributed by atoms with E-state index >= 15 is 0 Å². The third-order valence-corrected chi connectivity index (χ3v) is 8.08. The van der Waals surface area contributed by atoms with Crippen molar-refractivity contribution in [1.29, 1.82) is 0 Å². The number of aromatic nitrogens is 1. The van der Waals surface area contributed by atoms with Crippen LogP contribution in [0, 0.1) is 18.8 Å². The molecule has 0 aromatic carbocycles. The van der Waals surface area contributed by atoms with Gasteiger partial charge in [-0.1, -0.05) is 44.9 Å². The van der Waals surface area contributed by atoms with E-state index in [4.69, 9.17) is 10.7 Å². The fraction of sp³-hybridized carbons (Fsp3) is 0.692. The lowest BCUT2D eigenvalue weighted by Crippen LogP contribution is -2.45. The first-order valence-corrected chi connectivity index (χ1v) is 12.7. The minimum Gasteiger partial charge on any atom is -0.369 e. The molecule has 180 valence electrons. The Morgan fingerprint density at radius 1 is 1.18 bits per heavy atom. The quantitative estimate of drug-likeness (QED) is 0.653. The molecule has 0 bridgehead atoms. The third kappa shape index (κ3) is 5.39. The van der Waals surface area contributed by atoms with E-state index in [1.54, 1.807) is 25.5 Å². The van der Waals surface area contributed by atoms with E-state index in [0.29, 0.717) is 23.4 Å². The van der Waals surface area contributed by atoms with E-state index in [-0.39, 0.29) is 17.9 Å². The molecule has 33 heavy (non-hydrogen) atoms. The average Bonchev–Trinajstić information content (AvgIpc) is 3.02.